The number of Topliss-reactive ketones (excluding diaryl/α,β-unsaturated/α-hetero) is 1. The summed E-state index contributed by atoms with van der Waals surface area (Å²) in [6.45, 7) is 6.53. The van der Waals surface area contributed by atoms with Crippen molar-refractivity contribution in [2.45, 2.75) is 83.5 Å². The number of ketones is 1. The summed E-state index contributed by atoms with van der Waals surface area (Å²) in [5.41, 5.74) is -0.791. The highest BCUT2D eigenvalue weighted by Gasteiger charge is 2.68. The van der Waals surface area contributed by atoms with E-state index in [0.29, 0.717) is 25.4 Å². The Morgan fingerprint density at radius 3 is 2.68 bits per heavy atom. The fraction of sp³-hybridized carbons (Fsp3) is 0.870. The van der Waals surface area contributed by atoms with E-state index < -0.39 is 17.1 Å². The third-order valence-electron chi connectivity index (χ3n) is 9.07. The van der Waals surface area contributed by atoms with Gasteiger partial charge in [-0.05, 0) is 75.0 Å². The van der Waals surface area contributed by atoms with Crippen molar-refractivity contribution in [3.63, 3.8) is 0 Å². The minimum Gasteiger partial charge on any atom is -0.393 e. The zero-order valence-electron chi connectivity index (χ0n) is 17.5. The first-order chi connectivity index (χ1) is 13.2. The van der Waals surface area contributed by atoms with Crippen molar-refractivity contribution in [2.75, 3.05) is 13.2 Å². The van der Waals surface area contributed by atoms with Gasteiger partial charge in [0.05, 0.1) is 12.2 Å². The lowest BCUT2D eigenvalue weighted by molar-refractivity contribution is -0.183. The molecule has 5 heteroatoms. The standard InChI is InChI=1S/C23H36O5/c1-4-28-13-19(26)23(27)10-8-17-16-6-5-14-11-15(24)7-9-21(14,2)20(16)18(25)12-22(17,23)3/h11,15-18,20,24-25,27H,4-10,12-13H2,1-3H3/t15?,16-,17-,18-,20+,21-,22-,23-/m0/s1. The topological polar surface area (TPSA) is 87.0 Å². The molecule has 0 saturated heterocycles. The molecule has 0 amide bonds. The summed E-state index contributed by atoms with van der Waals surface area (Å²) in [7, 11) is 0. The van der Waals surface area contributed by atoms with Gasteiger partial charge < -0.3 is 20.1 Å². The monoisotopic (exact) mass is 392 g/mol. The lowest BCUT2D eigenvalue weighted by Crippen LogP contribution is -2.62. The molecule has 5 nitrogen and oxygen atoms in total. The molecule has 3 fully saturated rings. The molecule has 0 aromatic rings. The Balaban J connectivity index is 1.66. The second-order valence-corrected chi connectivity index (χ2v) is 10.2. The van der Waals surface area contributed by atoms with Gasteiger partial charge in [-0.15, -0.1) is 0 Å². The number of hydrogen-bond donors (Lipinski definition) is 3. The molecule has 0 heterocycles. The fourth-order valence-corrected chi connectivity index (χ4v) is 7.61. The quantitative estimate of drug-likeness (QED) is 0.640. The molecule has 0 aliphatic heterocycles. The summed E-state index contributed by atoms with van der Waals surface area (Å²) in [6.07, 6.45) is 6.42. The number of rotatable bonds is 4. The van der Waals surface area contributed by atoms with Gasteiger partial charge in [-0.1, -0.05) is 25.5 Å². The summed E-state index contributed by atoms with van der Waals surface area (Å²) >= 11 is 0. The predicted octanol–water partition coefficient (Wildman–Crippen LogP) is 2.62. The van der Waals surface area contributed by atoms with Crippen LogP contribution in [-0.2, 0) is 9.53 Å². The van der Waals surface area contributed by atoms with Crippen LogP contribution >= 0.6 is 0 Å². The minimum atomic E-state index is -1.40. The number of aliphatic hydroxyl groups excluding tert-OH is 2. The number of hydrogen-bond acceptors (Lipinski definition) is 5. The molecule has 4 rings (SSSR count). The number of ether oxygens (including phenoxy) is 1. The minimum absolute atomic E-state index is 0.0536. The van der Waals surface area contributed by atoms with Crippen LogP contribution in [0.15, 0.2) is 11.6 Å². The van der Waals surface area contributed by atoms with E-state index in [0.717, 1.165) is 32.1 Å². The van der Waals surface area contributed by atoms with Crippen molar-refractivity contribution in [1.29, 1.82) is 0 Å². The molecule has 4 aliphatic rings. The molecule has 3 N–H and O–H groups in total. The summed E-state index contributed by atoms with van der Waals surface area (Å²) in [4.78, 5) is 12.9. The zero-order chi connectivity index (χ0) is 20.3. The number of carbonyl (C=O) groups excluding carboxylic acids is 1. The van der Waals surface area contributed by atoms with Gasteiger partial charge in [0, 0.05) is 12.0 Å². The molecule has 0 radical (unpaired) electrons. The molecule has 8 atom stereocenters. The molecular weight excluding hydrogens is 356 g/mol. The van der Waals surface area contributed by atoms with Crippen LogP contribution in [0.5, 0.6) is 0 Å². The smallest absolute Gasteiger partial charge is 0.190 e. The average Bonchev–Trinajstić information content (AvgIpc) is 2.92. The first-order valence-electron chi connectivity index (χ1n) is 11.1. The van der Waals surface area contributed by atoms with Gasteiger partial charge in [-0.3, -0.25) is 4.79 Å². The van der Waals surface area contributed by atoms with Crippen molar-refractivity contribution >= 4 is 5.78 Å². The Labute approximate surface area is 168 Å². The Bertz CT molecular complexity index is 674. The highest BCUT2D eigenvalue weighted by atomic mass is 16.5. The van der Waals surface area contributed by atoms with E-state index in [4.69, 9.17) is 4.74 Å². The van der Waals surface area contributed by atoms with Crippen LogP contribution in [-0.4, -0.2) is 52.1 Å². The summed E-state index contributed by atoms with van der Waals surface area (Å²) in [5.74, 6) is 0.456. The number of aliphatic hydroxyl groups is 3. The summed E-state index contributed by atoms with van der Waals surface area (Å²) in [5, 5.41) is 32.9. The number of allylic oxidation sites excluding steroid dienone is 1. The van der Waals surface area contributed by atoms with Gasteiger partial charge >= 0.3 is 0 Å². The lowest BCUT2D eigenvalue weighted by atomic mass is 9.45. The number of fused-ring (bicyclic) bond motifs is 5. The highest BCUT2D eigenvalue weighted by Crippen LogP contribution is 2.67. The van der Waals surface area contributed by atoms with Gasteiger partial charge in [0.25, 0.3) is 0 Å². The highest BCUT2D eigenvalue weighted by molar-refractivity contribution is 5.89. The van der Waals surface area contributed by atoms with Crippen LogP contribution in [0.2, 0.25) is 0 Å². The average molecular weight is 393 g/mol. The molecular formula is C23H36O5. The third kappa shape index (κ3) is 2.69. The van der Waals surface area contributed by atoms with Crippen molar-refractivity contribution in [3.8, 4) is 0 Å². The number of carbonyl (C=O) groups is 1. The second-order valence-electron chi connectivity index (χ2n) is 10.2. The maximum absolute atomic E-state index is 12.9. The first kappa shape index (κ1) is 20.5. The van der Waals surface area contributed by atoms with E-state index in [1.807, 2.05) is 19.9 Å². The fourth-order valence-electron chi connectivity index (χ4n) is 7.61. The molecule has 0 spiro atoms. The van der Waals surface area contributed by atoms with E-state index in [2.05, 4.69) is 6.92 Å². The second kappa shape index (κ2) is 6.90. The molecule has 3 saturated carbocycles. The normalized spacial score (nSPS) is 50.4. The largest absolute Gasteiger partial charge is 0.393 e. The van der Waals surface area contributed by atoms with Crippen molar-refractivity contribution in [2.24, 2.45) is 28.6 Å². The van der Waals surface area contributed by atoms with Gasteiger partial charge in [0.2, 0.25) is 0 Å². The van der Waals surface area contributed by atoms with E-state index in [1.54, 1.807) is 0 Å². The van der Waals surface area contributed by atoms with Crippen LogP contribution in [0.4, 0.5) is 0 Å². The summed E-state index contributed by atoms with van der Waals surface area (Å²) < 4.78 is 5.32. The maximum Gasteiger partial charge on any atom is 0.190 e. The van der Waals surface area contributed by atoms with E-state index >= 15 is 0 Å². The first-order valence-corrected chi connectivity index (χ1v) is 11.1. The Kier molecular flexibility index (Phi) is 5.06. The molecule has 1 unspecified atom stereocenters. The van der Waals surface area contributed by atoms with Crippen molar-refractivity contribution in [1.82, 2.24) is 0 Å². The Hall–Kier alpha value is -0.750. The van der Waals surface area contributed by atoms with Crippen LogP contribution < -0.4 is 0 Å². The van der Waals surface area contributed by atoms with Gasteiger partial charge in [0.15, 0.2) is 5.78 Å². The van der Waals surface area contributed by atoms with E-state index in [-0.39, 0.29) is 35.7 Å². The molecule has 28 heavy (non-hydrogen) atoms. The Morgan fingerprint density at radius 1 is 1.21 bits per heavy atom. The Morgan fingerprint density at radius 2 is 1.96 bits per heavy atom. The summed E-state index contributed by atoms with van der Waals surface area (Å²) in [6, 6.07) is 0. The zero-order valence-corrected chi connectivity index (χ0v) is 17.5. The van der Waals surface area contributed by atoms with Crippen molar-refractivity contribution < 1.29 is 24.9 Å². The maximum atomic E-state index is 12.9. The molecule has 158 valence electrons. The van der Waals surface area contributed by atoms with Gasteiger partial charge in [0.1, 0.15) is 12.2 Å². The van der Waals surface area contributed by atoms with Crippen LogP contribution in [0.25, 0.3) is 0 Å². The van der Waals surface area contributed by atoms with E-state index in [1.165, 1.54) is 5.57 Å². The molecule has 0 aromatic carbocycles. The van der Waals surface area contributed by atoms with Gasteiger partial charge in [-0.2, -0.15) is 0 Å². The third-order valence-corrected chi connectivity index (χ3v) is 9.07. The van der Waals surface area contributed by atoms with Crippen molar-refractivity contribution in [3.05, 3.63) is 11.6 Å². The van der Waals surface area contributed by atoms with Crippen LogP contribution in [0.1, 0.15) is 65.7 Å². The molecule has 0 bridgehead atoms. The lowest BCUT2D eigenvalue weighted by Gasteiger charge is -2.60. The van der Waals surface area contributed by atoms with Gasteiger partial charge in [-0.25, -0.2) is 0 Å². The SMILES string of the molecule is CCOCC(=O)[C@@]1(O)CC[C@H]2[C@@H]3CCC4=CC(O)CC[C@]4(C)[C@H]3[C@@H](O)C[C@@]21C. The molecule has 0 aromatic heterocycles. The van der Waals surface area contributed by atoms with Crippen LogP contribution in [0.3, 0.4) is 0 Å². The van der Waals surface area contributed by atoms with Crippen LogP contribution in [0, 0.1) is 28.6 Å². The van der Waals surface area contributed by atoms with E-state index in [9.17, 15) is 20.1 Å². The molecule has 4 aliphatic carbocycles. The predicted molar refractivity (Wildman–Crippen MR) is 106 cm³/mol.